The van der Waals surface area contributed by atoms with Crippen LogP contribution in [-0.2, 0) is 19.6 Å². The standard InChI is InChI=1S/C18H21NO2/c1-2-5-14-8-10-15(11-9-14)18(21)19-12-16-6-3-4-7-17(16)13-20/h3-4,6-11,20H,2,5,12-13H2,1H3,(H,19,21). The zero-order valence-electron chi connectivity index (χ0n) is 12.3. The van der Waals surface area contributed by atoms with E-state index in [1.165, 1.54) is 5.56 Å². The van der Waals surface area contributed by atoms with Gasteiger partial charge in [-0.3, -0.25) is 4.79 Å². The summed E-state index contributed by atoms with van der Waals surface area (Å²) in [6.07, 6.45) is 2.13. The second-order valence-corrected chi connectivity index (χ2v) is 5.06. The third kappa shape index (κ3) is 4.17. The maximum atomic E-state index is 12.1. The minimum absolute atomic E-state index is 0.0161. The molecular weight excluding hydrogens is 262 g/mol. The normalized spacial score (nSPS) is 10.4. The molecular formula is C18H21NO2. The highest BCUT2D eigenvalue weighted by atomic mass is 16.3. The van der Waals surface area contributed by atoms with Crippen LogP contribution < -0.4 is 5.32 Å². The Balaban J connectivity index is 1.98. The Hall–Kier alpha value is -2.13. The molecule has 2 aromatic carbocycles. The number of amides is 1. The zero-order valence-corrected chi connectivity index (χ0v) is 12.3. The summed E-state index contributed by atoms with van der Waals surface area (Å²) in [5.74, 6) is -0.0919. The third-order valence-electron chi connectivity index (χ3n) is 3.48. The highest BCUT2D eigenvalue weighted by molar-refractivity contribution is 5.94. The van der Waals surface area contributed by atoms with E-state index in [1.807, 2.05) is 48.5 Å². The van der Waals surface area contributed by atoms with Crippen molar-refractivity contribution in [3.63, 3.8) is 0 Å². The molecule has 3 nitrogen and oxygen atoms in total. The first kappa shape index (κ1) is 15.3. The smallest absolute Gasteiger partial charge is 0.251 e. The first-order chi connectivity index (χ1) is 10.2. The molecule has 0 aliphatic rings. The van der Waals surface area contributed by atoms with Gasteiger partial charge in [0, 0.05) is 12.1 Å². The lowest BCUT2D eigenvalue weighted by atomic mass is 10.1. The summed E-state index contributed by atoms with van der Waals surface area (Å²) in [6.45, 7) is 2.54. The Bertz CT molecular complexity index is 590. The van der Waals surface area contributed by atoms with Gasteiger partial charge in [-0.25, -0.2) is 0 Å². The van der Waals surface area contributed by atoms with E-state index in [9.17, 15) is 9.90 Å². The summed E-state index contributed by atoms with van der Waals surface area (Å²) >= 11 is 0. The molecule has 0 spiro atoms. The van der Waals surface area contributed by atoms with Crippen LogP contribution >= 0.6 is 0 Å². The molecule has 0 saturated carbocycles. The van der Waals surface area contributed by atoms with Crippen molar-refractivity contribution in [1.29, 1.82) is 0 Å². The van der Waals surface area contributed by atoms with Gasteiger partial charge >= 0.3 is 0 Å². The average molecular weight is 283 g/mol. The van der Waals surface area contributed by atoms with Gasteiger partial charge in [0.2, 0.25) is 0 Å². The number of aliphatic hydroxyl groups is 1. The van der Waals surface area contributed by atoms with Crippen LogP contribution in [-0.4, -0.2) is 11.0 Å². The molecule has 0 fully saturated rings. The summed E-state index contributed by atoms with van der Waals surface area (Å²) in [5, 5.41) is 12.2. The fraction of sp³-hybridized carbons (Fsp3) is 0.278. The Morgan fingerprint density at radius 2 is 1.71 bits per heavy atom. The van der Waals surface area contributed by atoms with Gasteiger partial charge in [0.25, 0.3) is 5.91 Å². The minimum Gasteiger partial charge on any atom is -0.392 e. The number of nitrogens with one attached hydrogen (secondary N) is 1. The third-order valence-corrected chi connectivity index (χ3v) is 3.48. The van der Waals surface area contributed by atoms with Gasteiger partial charge in [-0.05, 0) is 35.2 Å². The number of rotatable bonds is 6. The Morgan fingerprint density at radius 3 is 2.33 bits per heavy atom. The number of carbonyl (C=O) groups excluding carboxylic acids is 1. The van der Waals surface area contributed by atoms with Crippen LogP contribution in [0.3, 0.4) is 0 Å². The van der Waals surface area contributed by atoms with Crippen molar-refractivity contribution in [3.05, 3.63) is 70.8 Å². The van der Waals surface area contributed by atoms with Crippen molar-refractivity contribution in [1.82, 2.24) is 5.32 Å². The van der Waals surface area contributed by atoms with Crippen molar-refractivity contribution >= 4 is 5.91 Å². The molecule has 21 heavy (non-hydrogen) atoms. The average Bonchev–Trinajstić information content (AvgIpc) is 2.54. The molecule has 0 heterocycles. The van der Waals surface area contributed by atoms with Gasteiger partial charge < -0.3 is 10.4 Å². The molecule has 2 aromatic rings. The maximum absolute atomic E-state index is 12.1. The lowest BCUT2D eigenvalue weighted by Gasteiger charge is -2.09. The number of aliphatic hydroxyl groups excluding tert-OH is 1. The topological polar surface area (TPSA) is 49.3 Å². The maximum Gasteiger partial charge on any atom is 0.251 e. The van der Waals surface area contributed by atoms with Gasteiger partial charge in [0.1, 0.15) is 0 Å². The summed E-state index contributed by atoms with van der Waals surface area (Å²) in [7, 11) is 0. The molecule has 0 saturated heterocycles. The lowest BCUT2D eigenvalue weighted by molar-refractivity contribution is 0.0950. The van der Waals surface area contributed by atoms with E-state index in [-0.39, 0.29) is 12.5 Å². The van der Waals surface area contributed by atoms with Crippen LogP contribution in [0, 0.1) is 0 Å². The Kier molecular flexibility index (Phi) is 5.52. The predicted molar refractivity (Wildman–Crippen MR) is 84.0 cm³/mol. The molecule has 0 radical (unpaired) electrons. The molecule has 2 rings (SSSR count). The summed E-state index contributed by atoms with van der Waals surface area (Å²) in [4.78, 5) is 12.1. The molecule has 1 amide bonds. The van der Waals surface area contributed by atoms with E-state index < -0.39 is 0 Å². The summed E-state index contributed by atoms with van der Waals surface area (Å²) < 4.78 is 0. The van der Waals surface area contributed by atoms with Crippen molar-refractivity contribution < 1.29 is 9.90 Å². The number of carbonyl (C=O) groups is 1. The largest absolute Gasteiger partial charge is 0.392 e. The van der Waals surface area contributed by atoms with Crippen molar-refractivity contribution in [3.8, 4) is 0 Å². The highest BCUT2D eigenvalue weighted by Crippen LogP contribution is 2.10. The Morgan fingerprint density at radius 1 is 1.05 bits per heavy atom. The van der Waals surface area contributed by atoms with Crippen LogP contribution in [0.5, 0.6) is 0 Å². The molecule has 0 aliphatic carbocycles. The van der Waals surface area contributed by atoms with Gasteiger partial charge in [-0.2, -0.15) is 0 Å². The van der Waals surface area contributed by atoms with Gasteiger partial charge in [-0.15, -0.1) is 0 Å². The first-order valence-electron chi connectivity index (χ1n) is 7.29. The molecule has 0 aromatic heterocycles. The Labute approximate surface area is 125 Å². The molecule has 3 heteroatoms. The van der Waals surface area contributed by atoms with Crippen LogP contribution in [0.2, 0.25) is 0 Å². The fourth-order valence-corrected chi connectivity index (χ4v) is 2.27. The zero-order chi connectivity index (χ0) is 15.1. The van der Waals surface area contributed by atoms with Crippen LogP contribution in [0.25, 0.3) is 0 Å². The van der Waals surface area contributed by atoms with Gasteiger partial charge in [0.05, 0.1) is 6.61 Å². The number of benzene rings is 2. The lowest BCUT2D eigenvalue weighted by Crippen LogP contribution is -2.23. The van der Waals surface area contributed by atoms with Crippen molar-refractivity contribution in [2.75, 3.05) is 0 Å². The monoisotopic (exact) mass is 283 g/mol. The molecule has 0 bridgehead atoms. The number of aryl methyl sites for hydroxylation is 1. The highest BCUT2D eigenvalue weighted by Gasteiger charge is 2.06. The summed E-state index contributed by atoms with van der Waals surface area (Å²) in [5.41, 5.74) is 3.70. The quantitative estimate of drug-likeness (QED) is 0.856. The minimum atomic E-state index is -0.0919. The predicted octanol–water partition coefficient (Wildman–Crippen LogP) is 3.06. The van der Waals surface area contributed by atoms with E-state index >= 15 is 0 Å². The molecule has 2 N–H and O–H groups in total. The first-order valence-corrected chi connectivity index (χ1v) is 7.29. The second-order valence-electron chi connectivity index (χ2n) is 5.06. The van der Waals surface area contributed by atoms with Crippen molar-refractivity contribution in [2.45, 2.75) is 32.9 Å². The number of hydrogen-bond acceptors (Lipinski definition) is 2. The van der Waals surface area contributed by atoms with E-state index in [0.717, 1.165) is 24.0 Å². The van der Waals surface area contributed by atoms with Crippen molar-refractivity contribution in [2.24, 2.45) is 0 Å². The van der Waals surface area contributed by atoms with Gasteiger partial charge in [-0.1, -0.05) is 49.7 Å². The second kappa shape index (κ2) is 7.60. The van der Waals surface area contributed by atoms with E-state index in [1.54, 1.807) is 0 Å². The van der Waals surface area contributed by atoms with Gasteiger partial charge in [0.15, 0.2) is 0 Å². The molecule has 0 aliphatic heterocycles. The SMILES string of the molecule is CCCc1ccc(C(=O)NCc2ccccc2CO)cc1. The van der Waals surface area contributed by atoms with E-state index in [2.05, 4.69) is 12.2 Å². The summed E-state index contributed by atoms with van der Waals surface area (Å²) in [6, 6.07) is 15.3. The van der Waals surface area contributed by atoms with Crippen LogP contribution in [0.4, 0.5) is 0 Å². The molecule has 110 valence electrons. The van der Waals surface area contributed by atoms with Crippen LogP contribution in [0.15, 0.2) is 48.5 Å². The van der Waals surface area contributed by atoms with E-state index in [4.69, 9.17) is 0 Å². The molecule has 0 atom stereocenters. The van der Waals surface area contributed by atoms with Crippen LogP contribution in [0.1, 0.15) is 40.4 Å². The number of hydrogen-bond donors (Lipinski definition) is 2. The van der Waals surface area contributed by atoms with E-state index in [0.29, 0.717) is 12.1 Å². The fourth-order valence-electron chi connectivity index (χ4n) is 2.27. The molecule has 0 unspecified atom stereocenters.